The molecule has 0 radical (unpaired) electrons. The fraction of sp³-hybridized carbons (Fsp3) is 0.222. The van der Waals surface area contributed by atoms with Crippen LogP contribution in [0.25, 0.3) is 0 Å². The summed E-state index contributed by atoms with van der Waals surface area (Å²) in [6, 6.07) is 14.6. The van der Waals surface area contributed by atoms with Gasteiger partial charge in [-0.25, -0.2) is 0 Å². The van der Waals surface area contributed by atoms with Crippen LogP contribution in [-0.2, 0) is 21.9 Å². The molecule has 2 aliphatic rings. The predicted molar refractivity (Wildman–Crippen MR) is 174 cm³/mol. The largest absolute Gasteiger partial charge is 0.481 e. The normalized spacial score (nSPS) is 16.5. The number of carboxylic acids is 2. The molecule has 4 aromatic rings. The minimum Gasteiger partial charge on any atom is -0.481 e. The van der Waals surface area contributed by atoms with Gasteiger partial charge in [-0.3, -0.25) is 19.2 Å². The second kappa shape index (κ2) is 14.9. The first-order valence-corrected chi connectivity index (χ1v) is 15.9. The molecular weight excluding hydrogens is 745 g/mol. The van der Waals surface area contributed by atoms with E-state index in [0.717, 1.165) is 36.4 Å². The topological polar surface area (TPSA) is 127 Å². The van der Waals surface area contributed by atoms with Gasteiger partial charge < -0.3 is 19.7 Å². The third-order valence-electron chi connectivity index (χ3n) is 8.21. The number of carbonyl (C=O) groups excluding carboxylic acids is 2. The highest BCUT2D eigenvalue weighted by atomic mass is 35.5. The lowest BCUT2D eigenvalue weighted by Crippen LogP contribution is -2.04. The van der Waals surface area contributed by atoms with E-state index in [1.54, 1.807) is 12.1 Å². The number of halogens is 8. The van der Waals surface area contributed by atoms with Crippen LogP contribution in [0.4, 0.5) is 26.3 Å². The first-order chi connectivity index (χ1) is 24.3. The SMILES string of the molecule is O=C(O)C[C@@H]1CC(=O)c2cc(Oc3ccc(C(F)(F)F)cc3Cl)ccc21.O=C(O)C[C@H]1CC(=O)c2cc(Oc3ccc(C(F)(F)F)cc3Cl)ccc21. The molecule has 6 rings (SSSR count). The van der Waals surface area contributed by atoms with Gasteiger partial charge in [0.05, 0.1) is 34.0 Å². The van der Waals surface area contributed by atoms with Gasteiger partial charge >= 0.3 is 24.3 Å². The summed E-state index contributed by atoms with van der Waals surface area (Å²) in [4.78, 5) is 45.9. The van der Waals surface area contributed by atoms with E-state index < -0.39 is 47.3 Å². The van der Waals surface area contributed by atoms with Gasteiger partial charge in [-0.15, -0.1) is 0 Å². The Morgan fingerprint density at radius 3 is 1.29 bits per heavy atom. The van der Waals surface area contributed by atoms with Crippen LogP contribution in [0.3, 0.4) is 0 Å². The number of fused-ring (bicyclic) bond motifs is 2. The third kappa shape index (κ3) is 8.86. The van der Waals surface area contributed by atoms with Crippen LogP contribution in [-0.4, -0.2) is 33.7 Å². The second-order valence-electron chi connectivity index (χ2n) is 11.8. The van der Waals surface area contributed by atoms with Crippen LogP contribution in [0, 0.1) is 0 Å². The van der Waals surface area contributed by atoms with Crippen molar-refractivity contribution >= 4 is 46.7 Å². The molecule has 16 heteroatoms. The molecule has 0 spiro atoms. The number of Topliss-reactive ketones (excluding diaryl/α,β-unsaturated/α-hetero) is 2. The molecule has 0 aliphatic heterocycles. The second-order valence-corrected chi connectivity index (χ2v) is 12.6. The number of aliphatic carboxylic acids is 2. The number of alkyl halides is 6. The van der Waals surface area contributed by atoms with Gasteiger partial charge in [-0.1, -0.05) is 35.3 Å². The van der Waals surface area contributed by atoms with Crippen LogP contribution in [0.1, 0.15) is 80.5 Å². The Morgan fingerprint density at radius 1 is 0.615 bits per heavy atom. The van der Waals surface area contributed by atoms with Gasteiger partial charge in [0.15, 0.2) is 11.6 Å². The third-order valence-corrected chi connectivity index (χ3v) is 8.80. The summed E-state index contributed by atoms with van der Waals surface area (Å²) >= 11 is 11.7. The van der Waals surface area contributed by atoms with Crippen molar-refractivity contribution in [2.75, 3.05) is 0 Å². The van der Waals surface area contributed by atoms with Crippen LogP contribution in [0.15, 0.2) is 72.8 Å². The molecule has 0 fully saturated rings. The van der Waals surface area contributed by atoms with Gasteiger partial charge in [0.2, 0.25) is 0 Å². The summed E-state index contributed by atoms with van der Waals surface area (Å²) in [6.45, 7) is 0. The van der Waals surface area contributed by atoms with Crippen molar-refractivity contribution in [3.63, 3.8) is 0 Å². The van der Waals surface area contributed by atoms with Gasteiger partial charge in [0.1, 0.15) is 23.0 Å². The molecule has 0 unspecified atom stereocenters. The number of carboxylic acid groups (broad SMARTS) is 2. The standard InChI is InChI=1S/2C18H12ClF3O4/c2*19-14-7-10(18(20,21)22)1-4-16(14)26-11-2-3-12-9(6-17(24)25)5-15(23)13(12)8-11/h2*1-4,7-9H,5-6H2,(H,24,25)/t2*9-/m10/s1. The lowest BCUT2D eigenvalue weighted by Gasteiger charge is -2.12. The van der Waals surface area contributed by atoms with Crippen molar-refractivity contribution in [1.29, 1.82) is 0 Å². The number of benzene rings is 4. The first kappa shape index (κ1) is 38.2. The van der Waals surface area contributed by atoms with E-state index in [1.807, 2.05) is 0 Å². The highest BCUT2D eigenvalue weighted by molar-refractivity contribution is 6.32. The minimum atomic E-state index is -4.51. The molecule has 0 heterocycles. The summed E-state index contributed by atoms with van der Waals surface area (Å²) in [5.41, 5.74) is 0.186. The molecule has 2 aliphatic carbocycles. The lowest BCUT2D eigenvalue weighted by molar-refractivity contribution is -0.138. The fourth-order valence-corrected chi connectivity index (χ4v) is 6.28. The molecule has 2 N–H and O–H groups in total. The van der Waals surface area contributed by atoms with Crippen molar-refractivity contribution < 1.29 is 65.2 Å². The van der Waals surface area contributed by atoms with Crippen molar-refractivity contribution in [2.24, 2.45) is 0 Å². The van der Waals surface area contributed by atoms with E-state index in [2.05, 4.69) is 0 Å². The van der Waals surface area contributed by atoms with Crippen LogP contribution < -0.4 is 9.47 Å². The average molecular weight is 769 g/mol. The molecule has 8 nitrogen and oxygen atoms in total. The van der Waals surface area contributed by atoms with Crippen molar-refractivity contribution in [3.8, 4) is 23.0 Å². The van der Waals surface area contributed by atoms with E-state index in [9.17, 15) is 45.5 Å². The molecule has 0 saturated carbocycles. The number of carbonyl (C=O) groups is 4. The highest BCUT2D eigenvalue weighted by Gasteiger charge is 2.34. The molecule has 2 atom stereocenters. The summed E-state index contributed by atoms with van der Waals surface area (Å²) < 4.78 is 87.0. The van der Waals surface area contributed by atoms with Crippen molar-refractivity contribution in [1.82, 2.24) is 0 Å². The van der Waals surface area contributed by atoms with Crippen LogP contribution in [0.2, 0.25) is 10.0 Å². The van der Waals surface area contributed by atoms with Crippen molar-refractivity contribution in [3.05, 3.63) is 116 Å². The van der Waals surface area contributed by atoms with E-state index in [0.29, 0.717) is 22.3 Å². The molecule has 4 aromatic carbocycles. The van der Waals surface area contributed by atoms with Gasteiger partial charge in [0.25, 0.3) is 0 Å². The molecule has 0 bridgehead atoms. The number of rotatable bonds is 8. The molecule has 0 amide bonds. The summed E-state index contributed by atoms with van der Waals surface area (Å²) in [5.74, 6) is -2.66. The molecule has 52 heavy (non-hydrogen) atoms. The first-order valence-electron chi connectivity index (χ1n) is 15.2. The molecular formula is C36H24Cl2F6O8. The maximum atomic E-state index is 12.7. The summed E-state index contributed by atoms with van der Waals surface area (Å²) in [5, 5.41) is 17.4. The predicted octanol–water partition coefficient (Wildman–Crippen LogP) is 10.6. The number of hydrogen-bond acceptors (Lipinski definition) is 6. The minimum absolute atomic E-state index is 0.0205. The van der Waals surface area contributed by atoms with Crippen LogP contribution in [0.5, 0.6) is 23.0 Å². The van der Waals surface area contributed by atoms with Crippen molar-refractivity contribution in [2.45, 2.75) is 49.9 Å². The zero-order valence-electron chi connectivity index (χ0n) is 26.3. The lowest BCUT2D eigenvalue weighted by atomic mass is 9.98. The Kier molecular flexibility index (Phi) is 10.9. The highest BCUT2D eigenvalue weighted by Crippen LogP contribution is 2.42. The quantitative estimate of drug-likeness (QED) is 0.170. The molecule has 0 saturated heterocycles. The van der Waals surface area contributed by atoms with E-state index in [-0.39, 0.29) is 70.3 Å². The Balaban J connectivity index is 0.000000201. The number of hydrogen-bond donors (Lipinski definition) is 2. The van der Waals surface area contributed by atoms with E-state index in [4.69, 9.17) is 42.9 Å². The smallest absolute Gasteiger partial charge is 0.416 e. The van der Waals surface area contributed by atoms with E-state index >= 15 is 0 Å². The monoisotopic (exact) mass is 768 g/mol. The Labute approximate surface area is 300 Å². The molecule has 0 aromatic heterocycles. The maximum absolute atomic E-state index is 12.7. The zero-order valence-corrected chi connectivity index (χ0v) is 27.8. The average Bonchev–Trinajstić information content (AvgIpc) is 3.51. The maximum Gasteiger partial charge on any atom is 0.416 e. The van der Waals surface area contributed by atoms with Gasteiger partial charge in [-0.05, 0) is 71.8 Å². The number of ketones is 2. The summed E-state index contributed by atoms with van der Waals surface area (Å²) in [6.07, 6.45) is -9.12. The Hall–Kier alpha value is -5.08. The fourth-order valence-electron chi connectivity index (χ4n) is 5.84. The van der Waals surface area contributed by atoms with Crippen LogP contribution >= 0.6 is 23.2 Å². The Morgan fingerprint density at radius 2 is 0.981 bits per heavy atom. The van der Waals surface area contributed by atoms with Gasteiger partial charge in [-0.2, -0.15) is 26.3 Å². The molecule has 272 valence electrons. The van der Waals surface area contributed by atoms with E-state index in [1.165, 1.54) is 24.3 Å². The van der Waals surface area contributed by atoms with Gasteiger partial charge in [0, 0.05) is 35.8 Å². The Bertz CT molecular complexity index is 1930. The summed E-state index contributed by atoms with van der Waals surface area (Å²) in [7, 11) is 0. The zero-order chi connectivity index (χ0) is 38.1. The number of ether oxygens (including phenoxy) is 2.